The van der Waals surface area contributed by atoms with Crippen LogP contribution < -0.4 is 0 Å². The number of aliphatic carboxylic acids is 2. The van der Waals surface area contributed by atoms with Crippen LogP contribution in [0.25, 0.3) is 0 Å². The van der Waals surface area contributed by atoms with Crippen LogP contribution in [0.15, 0.2) is 0 Å². The molecule has 0 radical (unpaired) electrons. The molecule has 1 heterocycles. The largest absolute Gasteiger partial charge is 0.480 e. The molecule has 170 valence electrons. The second-order valence-electron chi connectivity index (χ2n) is 7.40. The van der Waals surface area contributed by atoms with E-state index in [0.717, 1.165) is 12.6 Å². The third kappa shape index (κ3) is 10.0. The molecule has 1 unspecified atom stereocenters. The van der Waals surface area contributed by atoms with Crippen LogP contribution in [0.1, 0.15) is 13.3 Å². The Morgan fingerprint density at radius 3 is 1.63 bits per heavy atom. The number of carbonyl (C=O) groups is 5. The monoisotopic (exact) mass is 428 g/mol. The van der Waals surface area contributed by atoms with Crippen molar-refractivity contribution in [2.75, 3.05) is 72.0 Å². The Kier molecular flexibility index (Phi) is 12.0. The quantitative estimate of drug-likeness (QED) is 0.378. The molecule has 11 heteroatoms. The summed E-state index contributed by atoms with van der Waals surface area (Å²) in [5.41, 5.74) is 0. The van der Waals surface area contributed by atoms with Gasteiger partial charge in [0.25, 0.3) is 0 Å². The predicted octanol–water partition coefficient (Wildman–Crippen LogP) is -1.88. The van der Waals surface area contributed by atoms with E-state index >= 15 is 0 Å². The summed E-state index contributed by atoms with van der Waals surface area (Å²) in [5.74, 6) is -2.35. The minimum atomic E-state index is -1.11. The molecule has 0 spiro atoms. The first-order valence-electron chi connectivity index (χ1n) is 9.99. The van der Waals surface area contributed by atoms with Crippen LogP contribution in [0.3, 0.4) is 0 Å². The van der Waals surface area contributed by atoms with Gasteiger partial charge in [-0.25, -0.2) is 0 Å². The molecular weight excluding hydrogens is 396 g/mol. The van der Waals surface area contributed by atoms with Crippen molar-refractivity contribution in [1.82, 2.24) is 19.6 Å². The van der Waals surface area contributed by atoms with Crippen LogP contribution in [-0.2, 0) is 24.0 Å². The molecule has 0 aromatic rings. The van der Waals surface area contributed by atoms with E-state index in [-0.39, 0.29) is 38.4 Å². The van der Waals surface area contributed by atoms with Gasteiger partial charge in [-0.15, -0.1) is 0 Å². The molecule has 0 aromatic carbocycles. The highest BCUT2D eigenvalue weighted by Gasteiger charge is 2.28. The van der Waals surface area contributed by atoms with Crippen molar-refractivity contribution in [3.8, 4) is 0 Å². The van der Waals surface area contributed by atoms with Crippen molar-refractivity contribution < 1.29 is 34.2 Å². The molecule has 0 bridgehead atoms. The summed E-state index contributed by atoms with van der Waals surface area (Å²) >= 11 is 0. The molecule has 1 rings (SSSR count). The second kappa shape index (κ2) is 13.9. The predicted molar refractivity (Wildman–Crippen MR) is 107 cm³/mol. The summed E-state index contributed by atoms with van der Waals surface area (Å²) in [4.78, 5) is 63.8. The molecule has 2 N–H and O–H groups in total. The van der Waals surface area contributed by atoms with E-state index in [0.29, 0.717) is 45.8 Å². The van der Waals surface area contributed by atoms with Gasteiger partial charge in [0, 0.05) is 58.8 Å². The normalized spacial score (nSPS) is 19.9. The number of hydrogen-bond donors (Lipinski definition) is 2. The molecule has 1 fully saturated rings. The molecule has 1 atom stereocenters. The number of nitrogens with zero attached hydrogens (tertiary/aromatic N) is 4. The highest BCUT2D eigenvalue weighted by molar-refractivity contribution is 5.84. The Balaban J connectivity index is 3.05. The number of rotatable bonds is 10. The zero-order valence-electron chi connectivity index (χ0n) is 17.4. The van der Waals surface area contributed by atoms with Crippen LogP contribution >= 0.6 is 0 Å². The van der Waals surface area contributed by atoms with E-state index in [1.165, 1.54) is 6.92 Å². The van der Waals surface area contributed by atoms with E-state index in [4.69, 9.17) is 0 Å². The third-order valence-electron chi connectivity index (χ3n) is 5.10. The SMILES string of the molecule is CC(=O)CC(C(=O)O)N1CCN(CC=O)CCN(CC=O)CCN(CC(=O)O)CC1. The highest BCUT2D eigenvalue weighted by atomic mass is 16.4. The maximum absolute atomic E-state index is 11.8. The van der Waals surface area contributed by atoms with Crippen LogP contribution in [0.5, 0.6) is 0 Å². The zero-order chi connectivity index (χ0) is 22.5. The first-order valence-corrected chi connectivity index (χ1v) is 9.99. The number of hydrogen-bond acceptors (Lipinski definition) is 9. The molecule has 0 saturated carbocycles. The third-order valence-corrected chi connectivity index (χ3v) is 5.10. The molecule has 1 saturated heterocycles. The molecule has 1 aliphatic heterocycles. The summed E-state index contributed by atoms with van der Waals surface area (Å²) < 4.78 is 0. The lowest BCUT2D eigenvalue weighted by Crippen LogP contribution is -2.51. The first kappa shape index (κ1) is 25.8. The minimum absolute atomic E-state index is 0.144. The van der Waals surface area contributed by atoms with Gasteiger partial charge in [-0.05, 0) is 6.92 Å². The number of aldehydes is 2. The van der Waals surface area contributed by atoms with Crippen molar-refractivity contribution in [3.05, 3.63) is 0 Å². The van der Waals surface area contributed by atoms with Gasteiger partial charge in [0.15, 0.2) is 0 Å². The number of Topliss-reactive ketones (excluding diaryl/α,β-unsaturated/α-hetero) is 1. The summed E-state index contributed by atoms with van der Waals surface area (Å²) in [5, 5.41) is 18.8. The summed E-state index contributed by atoms with van der Waals surface area (Å²) in [6, 6.07) is -1.01. The molecule has 0 amide bonds. The summed E-state index contributed by atoms with van der Waals surface area (Å²) in [6.07, 6.45) is 1.42. The Morgan fingerprint density at radius 1 is 0.800 bits per heavy atom. The molecule has 11 nitrogen and oxygen atoms in total. The van der Waals surface area contributed by atoms with E-state index < -0.39 is 18.0 Å². The zero-order valence-corrected chi connectivity index (χ0v) is 17.4. The van der Waals surface area contributed by atoms with Gasteiger partial charge >= 0.3 is 11.9 Å². The van der Waals surface area contributed by atoms with E-state index in [1.807, 2.05) is 9.80 Å². The van der Waals surface area contributed by atoms with Crippen LogP contribution in [0.4, 0.5) is 0 Å². The van der Waals surface area contributed by atoms with Crippen molar-refractivity contribution in [2.24, 2.45) is 0 Å². The van der Waals surface area contributed by atoms with Gasteiger partial charge in [-0.2, -0.15) is 0 Å². The summed E-state index contributed by atoms with van der Waals surface area (Å²) in [6.45, 7) is 4.70. The fraction of sp³-hybridized carbons (Fsp3) is 0.737. The minimum Gasteiger partial charge on any atom is -0.480 e. The maximum Gasteiger partial charge on any atom is 0.321 e. The van der Waals surface area contributed by atoms with E-state index in [9.17, 15) is 34.2 Å². The second-order valence-corrected chi connectivity index (χ2v) is 7.40. The fourth-order valence-corrected chi connectivity index (χ4v) is 3.43. The highest BCUT2D eigenvalue weighted by Crippen LogP contribution is 2.08. The summed E-state index contributed by atoms with van der Waals surface area (Å²) in [7, 11) is 0. The topological polar surface area (TPSA) is 139 Å². The molecular formula is C19H32N4O7. The number of carbonyl (C=O) groups excluding carboxylic acids is 3. The van der Waals surface area contributed by atoms with Crippen LogP contribution in [-0.4, -0.2) is 138 Å². The molecule has 1 aliphatic rings. The lowest BCUT2D eigenvalue weighted by Gasteiger charge is -2.35. The molecule has 30 heavy (non-hydrogen) atoms. The van der Waals surface area contributed by atoms with Crippen LogP contribution in [0.2, 0.25) is 0 Å². The average Bonchev–Trinajstić information content (AvgIpc) is 2.66. The van der Waals surface area contributed by atoms with Crippen molar-refractivity contribution >= 4 is 30.3 Å². The van der Waals surface area contributed by atoms with E-state index in [1.54, 1.807) is 9.80 Å². The molecule has 0 aromatic heterocycles. The smallest absolute Gasteiger partial charge is 0.321 e. The number of carboxylic acid groups (broad SMARTS) is 2. The van der Waals surface area contributed by atoms with Gasteiger partial charge < -0.3 is 19.8 Å². The Morgan fingerprint density at radius 2 is 1.23 bits per heavy atom. The van der Waals surface area contributed by atoms with Gasteiger partial charge in [-0.3, -0.25) is 34.0 Å². The van der Waals surface area contributed by atoms with Crippen molar-refractivity contribution in [3.63, 3.8) is 0 Å². The first-order chi connectivity index (χ1) is 14.3. The Labute approximate surface area is 176 Å². The Hall–Kier alpha value is -2.21. The lowest BCUT2D eigenvalue weighted by molar-refractivity contribution is -0.146. The lowest BCUT2D eigenvalue weighted by atomic mass is 10.1. The maximum atomic E-state index is 11.8. The average molecular weight is 428 g/mol. The molecule has 0 aliphatic carbocycles. The van der Waals surface area contributed by atoms with E-state index in [2.05, 4.69) is 0 Å². The van der Waals surface area contributed by atoms with Gasteiger partial charge in [-0.1, -0.05) is 0 Å². The van der Waals surface area contributed by atoms with Gasteiger partial charge in [0.2, 0.25) is 0 Å². The standard InChI is InChI=1S/C19H32N4O7/c1-16(26)14-17(19(29)30)23-8-6-21(11-13-25)3-2-20(10-12-24)4-5-22(7-9-23)15-18(27)28/h12-13,17H,2-11,14-15H2,1H3,(H,27,28)(H,29,30). The van der Waals surface area contributed by atoms with Crippen molar-refractivity contribution in [2.45, 2.75) is 19.4 Å². The van der Waals surface area contributed by atoms with Gasteiger partial charge in [0.05, 0.1) is 19.6 Å². The number of carboxylic acids is 2. The van der Waals surface area contributed by atoms with Crippen LogP contribution in [0, 0.1) is 0 Å². The van der Waals surface area contributed by atoms with Gasteiger partial charge in [0.1, 0.15) is 24.4 Å². The Bertz CT molecular complexity index is 601. The number of ketones is 1. The van der Waals surface area contributed by atoms with Crippen molar-refractivity contribution in [1.29, 1.82) is 0 Å². The fourth-order valence-electron chi connectivity index (χ4n) is 3.43.